The summed E-state index contributed by atoms with van der Waals surface area (Å²) in [5.74, 6) is -5.56. The minimum atomic E-state index is -1.87. The summed E-state index contributed by atoms with van der Waals surface area (Å²) in [6.07, 6.45) is -2.34. The maximum atomic E-state index is 10.8. The van der Waals surface area contributed by atoms with Crippen molar-refractivity contribution in [2.45, 2.75) is 30.8 Å². The molecule has 0 aromatic carbocycles. The van der Waals surface area contributed by atoms with E-state index < -0.39 is 61.3 Å². The number of carboxylic acids is 4. The van der Waals surface area contributed by atoms with Crippen LogP contribution in [0.4, 0.5) is 0 Å². The molecule has 0 aliphatic rings. The summed E-state index contributed by atoms with van der Waals surface area (Å²) in [4.78, 5) is 42.9. The Morgan fingerprint density at radius 1 is 0.870 bits per heavy atom. The summed E-state index contributed by atoms with van der Waals surface area (Å²) in [6, 6.07) is -1.38. The number of aliphatic carboxylic acids is 4. The number of carbonyl (C=O) groups is 4. The molecule has 0 aliphatic carbocycles. The van der Waals surface area contributed by atoms with Crippen LogP contribution in [0.1, 0.15) is 19.3 Å². The van der Waals surface area contributed by atoms with Gasteiger partial charge in [0, 0.05) is 6.04 Å². The number of hydrogen-bond donors (Lipinski definition) is 6. The Hall–Kier alpha value is 1.06. The molecule has 7 N–H and O–H groups in total. The third-order valence-electron chi connectivity index (χ3n) is 2.63. The zero-order valence-corrected chi connectivity index (χ0v) is 10.4. The molecule has 0 radical (unpaired) electrons. The van der Waals surface area contributed by atoms with E-state index in [1.807, 2.05) is 0 Å². The van der Waals surface area contributed by atoms with Crippen molar-refractivity contribution in [3.8, 4) is 0 Å². The number of nitrogens with two attached hydrogens (primary N) is 1. The van der Waals surface area contributed by atoms with E-state index in [-0.39, 0.29) is 96.9 Å². The van der Waals surface area contributed by atoms with Crippen LogP contribution in [0.15, 0.2) is 0 Å². The van der Waals surface area contributed by atoms with Crippen molar-refractivity contribution in [2.24, 2.45) is 5.73 Å². The molecule has 0 heterocycles. The second kappa shape index (κ2) is 15.3. The molecule has 0 rings (SSSR count). The quantitative estimate of drug-likeness (QED) is 0.203. The first-order chi connectivity index (χ1) is 9.09. The molecule has 122 valence electrons. The Morgan fingerprint density at radius 2 is 1.26 bits per heavy atom. The molecule has 0 amide bonds. The second-order valence-electron chi connectivity index (χ2n) is 4.25. The van der Waals surface area contributed by atoms with Crippen LogP contribution in [-0.4, -0.2) is 159 Å². The zero-order valence-electron chi connectivity index (χ0n) is 10.4. The fourth-order valence-corrected chi connectivity index (χ4v) is 1.76. The summed E-state index contributed by atoms with van der Waals surface area (Å²) < 4.78 is 0. The van der Waals surface area contributed by atoms with E-state index in [2.05, 4.69) is 5.32 Å². The summed E-state index contributed by atoms with van der Waals surface area (Å²) in [7, 11) is 0. The van der Waals surface area contributed by atoms with Crippen LogP contribution in [0.5, 0.6) is 0 Å². The van der Waals surface area contributed by atoms with E-state index in [4.69, 9.17) is 26.2 Å². The van der Waals surface area contributed by atoms with E-state index in [0.29, 0.717) is 0 Å². The Balaban J connectivity index is -0.000000602. The normalized spacial score (nSPS) is 11.0. The SMILES string of the molecule is NC(CC(=O)O)C(CC(=O)O)(CC(=O)O)NCC(=O)O.[CaH2].[NaH].[NaH]. The van der Waals surface area contributed by atoms with Gasteiger partial charge in [-0.3, -0.25) is 24.5 Å². The predicted molar refractivity (Wildman–Crippen MR) is 85.9 cm³/mol. The average Bonchev–Trinajstić information content (AvgIpc) is 2.23. The molecule has 0 aliphatic heterocycles. The van der Waals surface area contributed by atoms with Crippen LogP contribution < -0.4 is 11.1 Å². The monoisotopic (exact) mass is 382 g/mol. The molecule has 0 saturated carbocycles. The van der Waals surface area contributed by atoms with E-state index in [0.717, 1.165) is 0 Å². The second-order valence-corrected chi connectivity index (χ2v) is 4.25. The number of nitrogens with one attached hydrogen (secondary N) is 1. The predicted octanol–water partition coefficient (Wildman–Crippen LogP) is -4.06. The maximum absolute atomic E-state index is 10.8. The van der Waals surface area contributed by atoms with Crippen molar-refractivity contribution in [3.63, 3.8) is 0 Å². The van der Waals surface area contributed by atoms with Crippen LogP contribution in [0.3, 0.4) is 0 Å². The van der Waals surface area contributed by atoms with Gasteiger partial charge in [-0.05, 0) is 0 Å². The molecule has 0 spiro atoms. The van der Waals surface area contributed by atoms with Gasteiger partial charge >= 0.3 is 121 Å². The Labute approximate surface area is 206 Å². The van der Waals surface area contributed by atoms with Crippen molar-refractivity contribution >= 4 is 121 Å². The van der Waals surface area contributed by atoms with Crippen molar-refractivity contribution in [2.75, 3.05) is 6.54 Å². The topological polar surface area (TPSA) is 187 Å². The van der Waals surface area contributed by atoms with E-state index >= 15 is 0 Å². The Kier molecular flexibility index (Phi) is 21.2. The molecule has 0 saturated heterocycles. The third-order valence-corrected chi connectivity index (χ3v) is 2.63. The van der Waals surface area contributed by atoms with E-state index in [9.17, 15) is 19.2 Å². The van der Waals surface area contributed by atoms with Gasteiger partial charge in [0.15, 0.2) is 0 Å². The standard InChI is InChI=1S/C10H16N2O8.Ca.2Na.4H/c11-5(1-6(13)14)10(2-7(15)16,3-8(17)18)12-4-9(19)20;;;;;;;/h5,12H,1-4,11H2,(H,13,14)(H,15,16)(H,17,18)(H,19,20);;;;;;;. The summed E-state index contributed by atoms with van der Waals surface area (Å²) >= 11 is 0. The van der Waals surface area contributed by atoms with Gasteiger partial charge in [-0.25, -0.2) is 0 Å². The number of hydrogen-bond acceptors (Lipinski definition) is 6. The van der Waals surface area contributed by atoms with E-state index in [1.54, 1.807) is 0 Å². The van der Waals surface area contributed by atoms with Crippen LogP contribution in [0.25, 0.3) is 0 Å². The van der Waals surface area contributed by atoms with E-state index in [1.165, 1.54) is 0 Å². The van der Waals surface area contributed by atoms with Crippen LogP contribution in [0, 0.1) is 0 Å². The average molecular weight is 382 g/mol. The molecular formula is C10H20CaN2Na2O8. The first-order valence-electron chi connectivity index (χ1n) is 5.47. The minimum absolute atomic E-state index is 0. The van der Waals surface area contributed by atoms with Crippen LogP contribution in [0.2, 0.25) is 0 Å². The number of carboxylic acid groups (broad SMARTS) is 4. The van der Waals surface area contributed by atoms with Gasteiger partial charge in [-0.1, -0.05) is 0 Å². The summed E-state index contributed by atoms with van der Waals surface area (Å²) in [6.45, 7) is -0.742. The van der Waals surface area contributed by atoms with Gasteiger partial charge in [0.2, 0.25) is 0 Å². The summed E-state index contributed by atoms with van der Waals surface area (Å²) in [5, 5.41) is 37.2. The molecule has 13 heteroatoms. The molecule has 1 unspecified atom stereocenters. The molecule has 0 aromatic rings. The molecule has 23 heavy (non-hydrogen) atoms. The van der Waals surface area contributed by atoms with Crippen molar-refractivity contribution in [1.29, 1.82) is 0 Å². The third kappa shape index (κ3) is 14.0. The van der Waals surface area contributed by atoms with Gasteiger partial charge in [0.05, 0.1) is 31.3 Å². The van der Waals surface area contributed by atoms with Crippen molar-refractivity contribution in [1.82, 2.24) is 5.32 Å². The first kappa shape index (κ1) is 31.8. The number of rotatable bonds is 10. The van der Waals surface area contributed by atoms with Crippen LogP contribution in [-0.2, 0) is 19.2 Å². The summed E-state index contributed by atoms with van der Waals surface area (Å²) in [5.41, 5.74) is 3.71. The van der Waals surface area contributed by atoms with Gasteiger partial charge in [0.1, 0.15) is 0 Å². The fraction of sp³-hybridized carbons (Fsp3) is 0.600. The zero-order chi connectivity index (χ0) is 15.9. The Bertz CT molecular complexity index is 408. The van der Waals surface area contributed by atoms with Gasteiger partial charge in [-0.15, -0.1) is 0 Å². The molecule has 10 nitrogen and oxygen atoms in total. The van der Waals surface area contributed by atoms with Gasteiger partial charge < -0.3 is 26.2 Å². The molecule has 0 fully saturated rings. The molecule has 0 bridgehead atoms. The van der Waals surface area contributed by atoms with Crippen molar-refractivity contribution in [3.05, 3.63) is 0 Å². The van der Waals surface area contributed by atoms with Crippen LogP contribution >= 0.6 is 0 Å². The van der Waals surface area contributed by atoms with Gasteiger partial charge in [0.25, 0.3) is 0 Å². The molecule has 0 aromatic heterocycles. The molecule has 1 atom stereocenters. The molecular weight excluding hydrogens is 362 g/mol. The first-order valence-corrected chi connectivity index (χ1v) is 5.47. The van der Waals surface area contributed by atoms with Gasteiger partial charge in [-0.2, -0.15) is 0 Å². The van der Waals surface area contributed by atoms with Crippen molar-refractivity contribution < 1.29 is 39.6 Å². The Morgan fingerprint density at radius 3 is 1.52 bits per heavy atom. The fourth-order valence-electron chi connectivity index (χ4n) is 1.76.